The number of rotatable bonds is 7. The number of nitrogens with zero attached hydrogens (tertiary/aromatic N) is 1. The van der Waals surface area contributed by atoms with Crippen molar-refractivity contribution in [2.24, 2.45) is 5.92 Å². The number of carbonyl (C=O) groups is 2. The van der Waals surface area contributed by atoms with Crippen LogP contribution in [-0.4, -0.2) is 37.8 Å². The van der Waals surface area contributed by atoms with E-state index in [1.807, 2.05) is 4.72 Å². The van der Waals surface area contributed by atoms with Gasteiger partial charge in [0.15, 0.2) is 0 Å². The molecule has 2 rings (SSSR count). The van der Waals surface area contributed by atoms with Crippen LogP contribution < -0.4 is 4.72 Å². The topological polar surface area (TPSA) is 92.8 Å². The molecular formula is C16H22N2O5S. The lowest BCUT2D eigenvalue weighted by molar-refractivity contribution is -0.118. The van der Waals surface area contributed by atoms with Gasteiger partial charge in [-0.2, -0.15) is 12.7 Å². The highest BCUT2D eigenvalue weighted by Crippen LogP contribution is 2.14. The van der Waals surface area contributed by atoms with Crippen LogP contribution in [0, 0.1) is 5.92 Å². The Bertz CT molecular complexity index is 696. The Morgan fingerprint density at radius 1 is 1.25 bits per heavy atom. The maximum Gasteiger partial charge on any atom is 0.338 e. The Hall–Kier alpha value is -1.93. The number of hydrogen-bond acceptors (Lipinski definition) is 5. The number of ether oxygens (including phenoxy) is 1. The Morgan fingerprint density at radius 2 is 1.88 bits per heavy atom. The Labute approximate surface area is 142 Å². The van der Waals surface area contributed by atoms with Crippen molar-refractivity contribution >= 4 is 22.1 Å². The first-order valence-electron chi connectivity index (χ1n) is 7.92. The number of amides is 1. The molecule has 24 heavy (non-hydrogen) atoms. The standard InChI is InChI=1S/C16H22N2O5S/c1-3-12(4-2)11-23-16(20)14-7-5-13(6-8-14)9-18-10-15(19)17-24(18,21)22/h5-8,12H,3-4,9-11H2,1-2H3,(H,17,19). The molecule has 0 saturated carbocycles. The van der Waals surface area contributed by atoms with Crippen molar-refractivity contribution in [3.63, 3.8) is 0 Å². The van der Waals surface area contributed by atoms with E-state index >= 15 is 0 Å². The highest BCUT2D eigenvalue weighted by molar-refractivity contribution is 7.88. The summed E-state index contributed by atoms with van der Waals surface area (Å²) in [6.07, 6.45) is 1.92. The van der Waals surface area contributed by atoms with E-state index < -0.39 is 16.1 Å². The first kappa shape index (κ1) is 18.4. The fourth-order valence-corrected chi connectivity index (χ4v) is 3.47. The van der Waals surface area contributed by atoms with E-state index in [9.17, 15) is 18.0 Å². The molecule has 0 bridgehead atoms. The molecule has 1 fully saturated rings. The van der Waals surface area contributed by atoms with Gasteiger partial charge in [0.25, 0.3) is 0 Å². The van der Waals surface area contributed by atoms with Crippen molar-refractivity contribution in [2.75, 3.05) is 13.2 Å². The summed E-state index contributed by atoms with van der Waals surface area (Å²) in [5.41, 5.74) is 1.11. The molecule has 1 aromatic carbocycles. The van der Waals surface area contributed by atoms with Gasteiger partial charge in [-0.15, -0.1) is 0 Å². The van der Waals surface area contributed by atoms with Crippen LogP contribution >= 0.6 is 0 Å². The highest BCUT2D eigenvalue weighted by atomic mass is 32.2. The molecule has 0 radical (unpaired) electrons. The van der Waals surface area contributed by atoms with Gasteiger partial charge in [0.1, 0.15) is 0 Å². The Kier molecular flexibility index (Phi) is 5.95. The predicted molar refractivity (Wildman–Crippen MR) is 88.3 cm³/mol. The van der Waals surface area contributed by atoms with Crippen LogP contribution in [0.5, 0.6) is 0 Å². The average molecular weight is 354 g/mol. The molecule has 1 amide bonds. The molecule has 7 nitrogen and oxygen atoms in total. The third-order valence-corrected chi connectivity index (χ3v) is 5.48. The zero-order valence-electron chi connectivity index (χ0n) is 13.8. The van der Waals surface area contributed by atoms with Crippen LogP contribution in [0.15, 0.2) is 24.3 Å². The van der Waals surface area contributed by atoms with Crippen molar-refractivity contribution in [3.05, 3.63) is 35.4 Å². The summed E-state index contributed by atoms with van der Waals surface area (Å²) in [6, 6.07) is 6.52. The van der Waals surface area contributed by atoms with Crippen molar-refractivity contribution in [3.8, 4) is 0 Å². The van der Waals surface area contributed by atoms with Crippen LogP contribution in [0.3, 0.4) is 0 Å². The van der Waals surface area contributed by atoms with Crippen LogP contribution in [0.25, 0.3) is 0 Å². The zero-order chi connectivity index (χ0) is 17.7. The molecule has 1 heterocycles. The van der Waals surface area contributed by atoms with E-state index in [2.05, 4.69) is 13.8 Å². The van der Waals surface area contributed by atoms with Crippen molar-refractivity contribution in [2.45, 2.75) is 33.2 Å². The quantitative estimate of drug-likeness (QED) is 0.748. The zero-order valence-corrected chi connectivity index (χ0v) is 14.6. The normalized spacial score (nSPS) is 17.0. The monoisotopic (exact) mass is 354 g/mol. The highest BCUT2D eigenvalue weighted by Gasteiger charge is 2.33. The molecule has 1 aromatic rings. The average Bonchev–Trinajstić information content (AvgIpc) is 2.80. The maximum absolute atomic E-state index is 12.0. The molecular weight excluding hydrogens is 332 g/mol. The summed E-state index contributed by atoms with van der Waals surface area (Å²) in [6.45, 7) is 4.39. The van der Waals surface area contributed by atoms with Crippen LogP contribution in [0.1, 0.15) is 42.6 Å². The van der Waals surface area contributed by atoms with Crippen LogP contribution in [-0.2, 0) is 26.3 Å². The number of benzene rings is 1. The van der Waals surface area contributed by atoms with E-state index in [0.29, 0.717) is 23.7 Å². The second-order valence-electron chi connectivity index (χ2n) is 5.78. The summed E-state index contributed by atoms with van der Waals surface area (Å²) < 4.78 is 31.6. The third kappa shape index (κ3) is 4.55. The molecule has 1 aliphatic heterocycles. The maximum atomic E-state index is 12.0. The summed E-state index contributed by atoms with van der Waals surface area (Å²) in [7, 11) is -3.74. The summed E-state index contributed by atoms with van der Waals surface area (Å²) in [5.74, 6) is -0.575. The van der Waals surface area contributed by atoms with Gasteiger partial charge < -0.3 is 4.74 Å². The first-order valence-corrected chi connectivity index (χ1v) is 9.36. The number of nitrogens with one attached hydrogen (secondary N) is 1. The minimum absolute atomic E-state index is 0.0736. The molecule has 1 saturated heterocycles. The largest absolute Gasteiger partial charge is 0.462 e. The van der Waals surface area contributed by atoms with Gasteiger partial charge >= 0.3 is 16.2 Å². The Morgan fingerprint density at radius 3 is 2.38 bits per heavy atom. The smallest absolute Gasteiger partial charge is 0.338 e. The van der Waals surface area contributed by atoms with Gasteiger partial charge in [0, 0.05) is 6.54 Å². The molecule has 0 atom stereocenters. The number of hydrogen-bond donors (Lipinski definition) is 1. The van der Waals surface area contributed by atoms with Gasteiger partial charge in [-0.3, -0.25) is 4.79 Å². The van der Waals surface area contributed by atoms with Crippen molar-refractivity contribution < 1.29 is 22.7 Å². The van der Waals surface area contributed by atoms with Crippen molar-refractivity contribution in [1.82, 2.24) is 9.03 Å². The molecule has 1 aliphatic rings. The molecule has 8 heteroatoms. The molecule has 0 aliphatic carbocycles. The lowest BCUT2D eigenvalue weighted by atomic mass is 10.1. The van der Waals surface area contributed by atoms with Gasteiger partial charge in [0.05, 0.1) is 18.7 Å². The predicted octanol–water partition coefficient (Wildman–Crippen LogP) is 1.46. The second-order valence-corrected chi connectivity index (χ2v) is 7.45. The van der Waals surface area contributed by atoms with Gasteiger partial charge in [-0.05, 0) is 23.6 Å². The van der Waals surface area contributed by atoms with Crippen LogP contribution in [0.2, 0.25) is 0 Å². The summed E-state index contributed by atoms with van der Waals surface area (Å²) in [4.78, 5) is 23.2. The Balaban J connectivity index is 1.95. The molecule has 0 unspecified atom stereocenters. The number of carbonyl (C=O) groups excluding carboxylic acids is 2. The molecule has 132 valence electrons. The van der Waals surface area contributed by atoms with Crippen LogP contribution in [0.4, 0.5) is 0 Å². The molecule has 0 aromatic heterocycles. The van der Waals surface area contributed by atoms with Gasteiger partial charge in [-0.25, -0.2) is 9.52 Å². The fraction of sp³-hybridized carbons (Fsp3) is 0.500. The summed E-state index contributed by atoms with van der Waals surface area (Å²) in [5, 5.41) is 0. The van der Waals surface area contributed by atoms with Gasteiger partial charge in [-0.1, -0.05) is 38.8 Å². The minimum Gasteiger partial charge on any atom is -0.462 e. The summed E-state index contributed by atoms with van der Waals surface area (Å²) >= 11 is 0. The molecule has 0 spiro atoms. The van der Waals surface area contributed by atoms with E-state index in [0.717, 1.165) is 17.1 Å². The van der Waals surface area contributed by atoms with E-state index in [1.54, 1.807) is 24.3 Å². The SMILES string of the molecule is CCC(CC)COC(=O)c1ccc(CN2CC(=O)NS2(=O)=O)cc1. The van der Waals surface area contributed by atoms with Gasteiger partial charge in [0.2, 0.25) is 5.91 Å². The molecule has 1 N–H and O–H groups in total. The number of esters is 1. The fourth-order valence-electron chi connectivity index (χ4n) is 2.38. The van der Waals surface area contributed by atoms with E-state index in [-0.39, 0.29) is 19.1 Å². The minimum atomic E-state index is -3.74. The van der Waals surface area contributed by atoms with E-state index in [4.69, 9.17) is 4.74 Å². The second kappa shape index (κ2) is 7.76. The van der Waals surface area contributed by atoms with Crippen molar-refractivity contribution in [1.29, 1.82) is 0 Å². The lowest BCUT2D eigenvalue weighted by Gasteiger charge is -2.14. The lowest BCUT2D eigenvalue weighted by Crippen LogP contribution is -2.29. The first-order chi connectivity index (χ1) is 11.4. The third-order valence-electron chi connectivity index (χ3n) is 4.06. The van der Waals surface area contributed by atoms with E-state index in [1.165, 1.54) is 0 Å².